The smallest absolute Gasteiger partial charge is 0.329 e. The summed E-state index contributed by atoms with van der Waals surface area (Å²) < 4.78 is 3.15. The zero-order valence-electron chi connectivity index (χ0n) is 14.9. The molecule has 0 aliphatic rings. The van der Waals surface area contributed by atoms with Crippen LogP contribution in [-0.2, 0) is 20.0 Å². The monoisotopic (exact) mass is 408 g/mol. The zero-order chi connectivity index (χ0) is 19.4. The number of aromatic nitrogens is 4. The second-order valence-corrected chi connectivity index (χ2v) is 7.54. The number of halogens is 1. The van der Waals surface area contributed by atoms with E-state index in [9.17, 15) is 14.7 Å². The molecule has 0 fully saturated rings. The van der Waals surface area contributed by atoms with E-state index in [0.29, 0.717) is 28.6 Å². The minimum Gasteiger partial charge on any atom is -0.391 e. The third kappa shape index (κ3) is 4.45. The van der Waals surface area contributed by atoms with Gasteiger partial charge in [0.05, 0.1) is 6.10 Å². The van der Waals surface area contributed by atoms with Crippen molar-refractivity contribution in [2.24, 2.45) is 7.05 Å². The lowest BCUT2D eigenvalue weighted by Crippen LogP contribution is -2.29. The molecule has 0 aliphatic heterocycles. The van der Waals surface area contributed by atoms with Crippen molar-refractivity contribution in [2.45, 2.75) is 30.6 Å². The van der Waals surface area contributed by atoms with Gasteiger partial charge in [-0.25, -0.2) is 9.78 Å². The van der Waals surface area contributed by atoms with E-state index in [2.05, 4.69) is 22.1 Å². The van der Waals surface area contributed by atoms with Gasteiger partial charge in [-0.2, -0.15) is 0 Å². The molecule has 0 aliphatic carbocycles. The topological polar surface area (TPSA) is 92.9 Å². The Kier molecular flexibility index (Phi) is 6.41. The number of aliphatic hydroxyl groups is 1. The second kappa shape index (κ2) is 8.77. The van der Waals surface area contributed by atoms with Crippen LogP contribution in [0.2, 0.25) is 0 Å². The SMILES string of the molecule is Cn1c(=O)[nH]c(=O)c2c1nc(SC[C@H](O)CCl)n2CCCc1ccccc1. The molecule has 1 atom stereocenters. The third-order valence-corrected chi connectivity index (χ3v) is 5.72. The number of benzene rings is 1. The molecule has 0 saturated heterocycles. The van der Waals surface area contributed by atoms with Crippen LogP contribution >= 0.6 is 23.4 Å². The van der Waals surface area contributed by atoms with Crippen molar-refractivity contribution in [3.8, 4) is 0 Å². The van der Waals surface area contributed by atoms with Crippen molar-refractivity contribution in [1.82, 2.24) is 19.1 Å². The molecular formula is C18H21ClN4O3S. The van der Waals surface area contributed by atoms with E-state index in [-0.39, 0.29) is 5.88 Å². The van der Waals surface area contributed by atoms with Gasteiger partial charge in [0.25, 0.3) is 5.56 Å². The number of aryl methyl sites for hydroxylation is 3. The molecule has 2 aromatic heterocycles. The fraction of sp³-hybridized carbons (Fsp3) is 0.389. The largest absolute Gasteiger partial charge is 0.391 e. The maximum atomic E-state index is 12.4. The van der Waals surface area contributed by atoms with Crippen molar-refractivity contribution in [3.63, 3.8) is 0 Å². The summed E-state index contributed by atoms with van der Waals surface area (Å²) in [5, 5.41) is 10.3. The molecule has 2 heterocycles. The Hall–Kier alpha value is -2.03. The molecular weight excluding hydrogens is 388 g/mol. The third-order valence-electron chi connectivity index (χ3n) is 4.24. The average molecular weight is 409 g/mol. The van der Waals surface area contributed by atoms with E-state index in [0.717, 1.165) is 12.8 Å². The van der Waals surface area contributed by atoms with E-state index in [1.807, 2.05) is 22.8 Å². The minimum atomic E-state index is -0.670. The van der Waals surface area contributed by atoms with Crippen LogP contribution in [0, 0.1) is 0 Å². The Morgan fingerprint density at radius 1 is 1.30 bits per heavy atom. The van der Waals surface area contributed by atoms with Crippen LogP contribution in [0.15, 0.2) is 45.1 Å². The number of hydrogen-bond donors (Lipinski definition) is 2. The van der Waals surface area contributed by atoms with Gasteiger partial charge in [0.1, 0.15) is 0 Å². The highest BCUT2D eigenvalue weighted by molar-refractivity contribution is 7.99. The van der Waals surface area contributed by atoms with Crippen LogP contribution in [-0.4, -0.2) is 41.9 Å². The number of rotatable bonds is 8. The molecule has 3 rings (SSSR count). The number of nitrogens with one attached hydrogen (secondary N) is 1. The van der Waals surface area contributed by atoms with Gasteiger partial charge in [-0.3, -0.25) is 14.3 Å². The highest BCUT2D eigenvalue weighted by Crippen LogP contribution is 2.23. The first-order valence-electron chi connectivity index (χ1n) is 8.61. The molecule has 27 heavy (non-hydrogen) atoms. The normalized spacial score (nSPS) is 12.6. The van der Waals surface area contributed by atoms with Crippen LogP contribution in [0.3, 0.4) is 0 Å². The maximum absolute atomic E-state index is 12.4. The van der Waals surface area contributed by atoms with E-state index < -0.39 is 17.4 Å². The molecule has 7 nitrogen and oxygen atoms in total. The van der Waals surface area contributed by atoms with Crippen LogP contribution in [0.5, 0.6) is 0 Å². The predicted molar refractivity (Wildman–Crippen MR) is 108 cm³/mol. The van der Waals surface area contributed by atoms with Gasteiger partial charge >= 0.3 is 5.69 Å². The van der Waals surface area contributed by atoms with E-state index in [4.69, 9.17) is 11.6 Å². The molecule has 9 heteroatoms. The molecule has 0 bridgehead atoms. The first kappa shape index (κ1) is 19.7. The van der Waals surface area contributed by atoms with Crippen LogP contribution < -0.4 is 11.2 Å². The van der Waals surface area contributed by atoms with Gasteiger partial charge in [0, 0.05) is 25.2 Å². The number of thioether (sulfide) groups is 1. The van der Waals surface area contributed by atoms with Crippen molar-refractivity contribution in [2.75, 3.05) is 11.6 Å². The van der Waals surface area contributed by atoms with Crippen LogP contribution in [0.4, 0.5) is 0 Å². The first-order valence-corrected chi connectivity index (χ1v) is 10.1. The minimum absolute atomic E-state index is 0.125. The van der Waals surface area contributed by atoms with E-state index >= 15 is 0 Å². The van der Waals surface area contributed by atoms with Crippen LogP contribution in [0.1, 0.15) is 12.0 Å². The summed E-state index contributed by atoms with van der Waals surface area (Å²) in [4.78, 5) is 31.1. The second-order valence-electron chi connectivity index (χ2n) is 6.24. The Balaban J connectivity index is 1.93. The standard InChI is InChI=1S/C18H21ClN4O3S/c1-22-15-14(16(25)21-17(22)26)23(18(20-15)27-11-13(24)10-19)9-5-8-12-6-3-2-4-7-12/h2-4,6-7,13,24H,5,8-11H2,1H3,(H,21,25,26)/t13-/m1/s1. The quantitative estimate of drug-likeness (QED) is 0.437. The summed E-state index contributed by atoms with van der Waals surface area (Å²) in [7, 11) is 1.57. The zero-order valence-corrected chi connectivity index (χ0v) is 16.5. The summed E-state index contributed by atoms with van der Waals surface area (Å²) in [6.45, 7) is 0.575. The summed E-state index contributed by atoms with van der Waals surface area (Å²) in [5.74, 6) is 0.484. The first-order chi connectivity index (χ1) is 13.0. The lowest BCUT2D eigenvalue weighted by Gasteiger charge is -2.10. The molecule has 2 N–H and O–H groups in total. The maximum Gasteiger partial charge on any atom is 0.329 e. The Bertz CT molecular complexity index is 1030. The number of nitrogens with zero attached hydrogens (tertiary/aromatic N) is 3. The number of aromatic amines is 1. The average Bonchev–Trinajstić information content (AvgIpc) is 3.04. The number of imidazole rings is 1. The summed E-state index contributed by atoms with van der Waals surface area (Å²) in [5.41, 5.74) is 0.971. The molecule has 0 spiro atoms. The molecule has 1 aromatic carbocycles. The fourth-order valence-electron chi connectivity index (χ4n) is 2.83. The van der Waals surface area contributed by atoms with Gasteiger partial charge in [-0.1, -0.05) is 42.1 Å². The highest BCUT2D eigenvalue weighted by atomic mass is 35.5. The van der Waals surface area contributed by atoms with Crippen molar-refractivity contribution >= 4 is 34.5 Å². The molecule has 0 radical (unpaired) electrons. The van der Waals surface area contributed by atoms with E-state index in [1.54, 1.807) is 7.05 Å². The molecule has 0 unspecified atom stereocenters. The fourth-order valence-corrected chi connectivity index (χ4v) is 4.02. The van der Waals surface area contributed by atoms with Gasteiger partial charge in [-0.15, -0.1) is 11.6 Å². The number of hydrogen-bond acceptors (Lipinski definition) is 5. The number of aliphatic hydroxyl groups excluding tert-OH is 1. The summed E-state index contributed by atoms with van der Waals surface area (Å²) in [6.07, 6.45) is 0.999. The number of fused-ring (bicyclic) bond motifs is 1. The molecule has 144 valence electrons. The predicted octanol–water partition coefficient (Wildman–Crippen LogP) is 1.75. The Labute approximate surface area is 165 Å². The highest BCUT2D eigenvalue weighted by Gasteiger charge is 2.18. The number of alkyl halides is 1. The molecule has 0 amide bonds. The van der Waals surface area contributed by atoms with E-state index in [1.165, 1.54) is 21.9 Å². The Morgan fingerprint density at radius 2 is 2.04 bits per heavy atom. The van der Waals surface area contributed by atoms with Gasteiger partial charge in [-0.05, 0) is 18.4 Å². The summed E-state index contributed by atoms with van der Waals surface area (Å²) in [6, 6.07) is 10.1. The number of H-pyrrole nitrogens is 1. The van der Waals surface area contributed by atoms with Gasteiger partial charge in [0.2, 0.25) is 0 Å². The van der Waals surface area contributed by atoms with Crippen molar-refractivity contribution in [1.29, 1.82) is 0 Å². The molecule has 0 saturated carbocycles. The van der Waals surface area contributed by atoms with Gasteiger partial charge < -0.3 is 9.67 Å². The van der Waals surface area contributed by atoms with Crippen LogP contribution in [0.25, 0.3) is 11.2 Å². The lowest BCUT2D eigenvalue weighted by atomic mass is 10.1. The van der Waals surface area contributed by atoms with Crippen molar-refractivity contribution in [3.05, 3.63) is 56.7 Å². The summed E-state index contributed by atoms with van der Waals surface area (Å²) >= 11 is 6.99. The lowest BCUT2D eigenvalue weighted by molar-refractivity contribution is 0.223. The van der Waals surface area contributed by atoms with Crippen molar-refractivity contribution < 1.29 is 5.11 Å². The Morgan fingerprint density at radius 3 is 2.74 bits per heavy atom. The van der Waals surface area contributed by atoms with Gasteiger partial charge in [0.15, 0.2) is 16.3 Å². The molecule has 3 aromatic rings.